The Morgan fingerprint density at radius 2 is 2.25 bits per heavy atom. The largest absolute Gasteiger partial charge is 0.363 e. The lowest BCUT2D eigenvalue weighted by atomic mass is 10.1. The van der Waals surface area contributed by atoms with Crippen LogP contribution in [-0.2, 0) is 5.54 Å². The zero-order valence-electron chi connectivity index (χ0n) is 7.46. The third-order valence-corrected chi connectivity index (χ3v) is 1.53. The van der Waals surface area contributed by atoms with E-state index < -0.39 is 5.91 Å². The van der Waals surface area contributed by atoms with E-state index >= 15 is 0 Å². The summed E-state index contributed by atoms with van der Waals surface area (Å²) in [6.45, 7) is 5.90. The van der Waals surface area contributed by atoms with Gasteiger partial charge in [0.1, 0.15) is 6.20 Å². The highest BCUT2D eigenvalue weighted by molar-refractivity contribution is 5.89. The fraction of sp³-hybridized carbons (Fsp3) is 0.500. The Hall–Kier alpha value is -1.32. The van der Waals surface area contributed by atoms with Gasteiger partial charge in [0.15, 0.2) is 5.82 Å². The number of amides is 1. The van der Waals surface area contributed by atoms with E-state index in [0.717, 1.165) is 0 Å². The molecule has 1 radical (unpaired) electrons. The Bertz CT molecular complexity index is 295. The van der Waals surface area contributed by atoms with Gasteiger partial charge < -0.3 is 10.3 Å². The summed E-state index contributed by atoms with van der Waals surface area (Å²) in [7, 11) is 0. The van der Waals surface area contributed by atoms with Gasteiger partial charge in [0.25, 0.3) is 5.91 Å². The molecule has 0 bridgehead atoms. The van der Waals surface area contributed by atoms with E-state index in [4.69, 9.17) is 5.73 Å². The van der Waals surface area contributed by atoms with Crippen molar-refractivity contribution < 1.29 is 4.79 Å². The molecule has 0 saturated carbocycles. The molecule has 4 nitrogen and oxygen atoms in total. The topological polar surface area (TPSA) is 60.9 Å². The quantitative estimate of drug-likeness (QED) is 0.661. The van der Waals surface area contributed by atoms with Gasteiger partial charge in [0.2, 0.25) is 0 Å². The Morgan fingerprint density at radius 1 is 1.67 bits per heavy atom. The van der Waals surface area contributed by atoms with Crippen LogP contribution >= 0.6 is 0 Å². The van der Waals surface area contributed by atoms with Crippen LogP contribution in [0.2, 0.25) is 0 Å². The first kappa shape index (κ1) is 8.77. The summed E-state index contributed by atoms with van der Waals surface area (Å²) in [4.78, 5) is 14.6. The van der Waals surface area contributed by atoms with Crippen LogP contribution in [0.4, 0.5) is 0 Å². The van der Waals surface area contributed by atoms with E-state index in [1.54, 1.807) is 10.8 Å². The highest BCUT2D eigenvalue weighted by Gasteiger charge is 2.19. The molecule has 0 atom stereocenters. The maximum atomic E-state index is 10.8. The van der Waals surface area contributed by atoms with Gasteiger partial charge in [-0.25, -0.2) is 4.98 Å². The number of imidazole rings is 1. The average Bonchev–Trinajstić information content (AvgIpc) is 2.30. The highest BCUT2D eigenvalue weighted by Crippen LogP contribution is 2.14. The Morgan fingerprint density at radius 3 is 2.58 bits per heavy atom. The number of nitrogens with zero attached hydrogens (tertiary/aromatic N) is 2. The smallest absolute Gasteiger partial charge is 0.284 e. The molecule has 1 amide bonds. The number of carbonyl (C=O) groups excluding carboxylic acids is 1. The van der Waals surface area contributed by atoms with Crippen LogP contribution in [0.5, 0.6) is 0 Å². The second-order valence-electron chi connectivity index (χ2n) is 3.60. The van der Waals surface area contributed by atoms with Crippen molar-refractivity contribution in [1.29, 1.82) is 0 Å². The summed E-state index contributed by atoms with van der Waals surface area (Å²) in [6, 6.07) is 0. The van der Waals surface area contributed by atoms with Crippen molar-refractivity contribution in [1.82, 2.24) is 9.55 Å². The van der Waals surface area contributed by atoms with Crippen molar-refractivity contribution in [3.05, 3.63) is 18.2 Å². The van der Waals surface area contributed by atoms with Gasteiger partial charge in [0, 0.05) is 11.7 Å². The summed E-state index contributed by atoms with van der Waals surface area (Å²) in [5.41, 5.74) is 4.93. The fourth-order valence-electron chi connectivity index (χ4n) is 0.948. The van der Waals surface area contributed by atoms with E-state index in [9.17, 15) is 4.79 Å². The minimum absolute atomic E-state index is 0.183. The summed E-state index contributed by atoms with van der Waals surface area (Å²) >= 11 is 0. The molecular formula is C8H12N3O. The number of primary amides is 1. The summed E-state index contributed by atoms with van der Waals surface area (Å²) < 4.78 is 1.70. The standard InChI is InChI=1S/C8H12N3O/c1-8(2,3)11-5-4-10-7(11)6(9)12/h5H,1-3H3,(H2,9,12). The molecule has 0 aliphatic rings. The number of nitrogens with two attached hydrogens (primary N) is 1. The van der Waals surface area contributed by atoms with Crippen molar-refractivity contribution in [2.24, 2.45) is 5.73 Å². The van der Waals surface area contributed by atoms with Crippen LogP contribution in [0.25, 0.3) is 0 Å². The van der Waals surface area contributed by atoms with Gasteiger partial charge in [-0.15, -0.1) is 0 Å². The van der Waals surface area contributed by atoms with Gasteiger partial charge >= 0.3 is 0 Å². The predicted molar refractivity (Wildman–Crippen MR) is 44.6 cm³/mol. The molecule has 1 aromatic rings. The maximum absolute atomic E-state index is 10.8. The molecule has 12 heavy (non-hydrogen) atoms. The van der Waals surface area contributed by atoms with Crippen molar-refractivity contribution in [2.75, 3.05) is 0 Å². The monoisotopic (exact) mass is 166 g/mol. The molecule has 4 heteroatoms. The van der Waals surface area contributed by atoms with E-state index in [2.05, 4.69) is 11.2 Å². The molecular weight excluding hydrogens is 154 g/mol. The summed E-state index contributed by atoms with van der Waals surface area (Å²) in [5.74, 6) is -0.270. The summed E-state index contributed by atoms with van der Waals surface area (Å²) in [6.07, 6.45) is 4.22. The van der Waals surface area contributed by atoms with Gasteiger partial charge in [0.05, 0.1) is 0 Å². The second kappa shape index (κ2) is 2.62. The van der Waals surface area contributed by atoms with E-state index in [1.165, 1.54) is 0 Å². The van der Waals surface area contributed by atoms with Gasteiger partial charge in [-0.05, 0) is 20.8 Å². The van der Waals surface area contributed by atoms with Crippen molar-refractivity contribution >= 4 is 5.91 Å². The zero-order chi connectivity index (χ0) is 9.35. The van der Waals surface area contributed by atoms with Crippen LogP contribution in [0, 0.1) is 6.20 Å². The number of carbonyl (C=O) groups is 1. The molecule has 0 saturated heterocycles. The first-order valence-electron chi connectivity index (χ1n) is 3.68. The lowest BCUT2D eigenvalue weighted by Crippen LogP contribution is -2.28. The molecule has 1 heterocycles. The van der Waals surface area contributed by atoms with Crippen LogP contribution < -0.4 is 5.73 Å². The predicted octanol–water partition coefficient (Wildman–Crippen LogP) is 0.537. The first-order valence-corrected chi connectivity index (χ1v) is 3.68. The van der Waals surface area contributed by atoms with E-state index in [1.807, 2.05) is 20.8 Å². The van der Waals surface area contributed by atoms with Gasteiger partial charge in [-0.3, -0.25) is 4.79 Å². The number of aromatic nitrogens is 2. The number of hydrogen-bond donors (Lipinski definition) is 1. The van der Waals surface area contributed by atoms with Crippen LogP contribution in [0.15, 0.2) is 6.20 Å². The Balaban J connectivity index is 3.17. The molecule has 0 spiro atoms. The summed E-state index contributed by atoms with van der Waals surface area (Å²) in [5, 5.41) is 0. The normalized spacial score (nSPS) is 11.6. The SMILES string of the molecule is CC(C)(C)n1c[c]nc1C(N)=O. The molecule has 2 N–H and O–H groups in total. The molecule has 0 unspecified atom stereocenters. The first-order chi connectivity index (χ1) is 5.43. The molecule has 0 aliphatic carbocycles. The van der Waals surface area contributed by atoms with Gasteiger partial charge in [-0.1, -0.05) is 0 Å². The van der Waals surface area contributed by atoms with Gasteiger partial charge in [-0.2, -0.15) is 0 Å². The third-order valence-electron chi connectivity index (χ3n) is 1.53. The highest BCUT2D eigenvalue weighted by atomic mass is 16.1. The molecule has 0 aromatic carbocycles. The zero-order valence-corrected chi connectivity index (χ0v) is 7.46. The third kappa shape index (κ3) is 1.47. The molecule has 0 aliphatic heterocycles. The molecule has 1 rings (SSSR count). The van der Waals surface area contributed by atoms with Crippen molar-refractivity contribution in [3.8, 4) is 0 Å². The van der Waals surface area contributed by atoms with E-state index in [0.29, 0.717) is 0 Å². The van der Waals surface area contributed by atoms with Crippen LogP contribution in [-0.4, -0.2) is 15.5 Å². The van der Waals surface area contributed by atoms with E-state index in [-0.39, 0.29) is 11.4 Å². The van der Waals surface area contributed by atoms with Crippen molar-refractivity contribution in [3.63, 3.8) is 0 Å². The van der Waals surface area contributed by atoms with Crippen LogP contribution in [0.3, 0.4) is 0 Å². The van der Waals surface area contributed by atoms with Crippen molar-refractivity contribution in [2.45, 2.75) is 26.3 Å². The maximum Gasteiger partial charge on any atom is 0.284 e. The fourth-order valence-corrected chi connectivity index (χ4v) is 0.948. The lowest BCUT2D eigenvalue weighted by molar-refractivity contribution is 0.0980. The Kier molecular flexibility index (Phi) is 1.92. The lowest BCUT2D eigenvalue weighted by Gasteiger charge is -2.21. The second-order valence-corrected chi connectivity index (χ2v) is 3.60. The molecule has 1 aromatic heterocycles. The Labute approximate surface area is 71.4 Å². The molecule has 65 valence electrons. The minimum atomic E-state index is -0.522. The number of rotatable bonds is 1. The number of hydrogen-bond acceptors (Lipinski definition) is 2. The van der Waals surface area contributed by atoms with Crippen LogP contribution in [0.1, 0.15) is 31.4 Å². The minimum Gasteiger partial charge on any atom is -0.363 e. The average molecular weight is 166 g/mol. The molecule has 0 fully saturated rings.